The Balaban J connectivity index is 1.53. The van der Waals surface area contributed by atoms with Crippen LogP contribution in [0, 0.1) is 5.92 Å². The number of halogens is 2. The maximum Gasteiger partial charge on any atom is 0.262 e. The topological polar surface area (TPSA) is 79.8 Å². The first-order valence-corrected chi connectivity index (χ1v) is 11.4. The van der Waals surface area contributed by atoms with Crippen LogP contribution >= 0.6 is 23.2 Å². The molecule has 0 aromatic heterocycles. The average Bonchev–Trinajstić information content (AvgIpc) is 2.83. The van der Waals surface area contributed by atoms with Gasteiger partial charge in [0.2, 0.25) is 0 Å². The predicted octanol–water partition coefficient (Wildman–Crippen LogP) is 5.48. The number of carbonyl (C=O) groups is 2. The molecular formula is C26H25Cl2N3O3. The van der Waals surface area contributed by atoms with Crippen LogP contribution < -0.4 is 15.5 Å². The number of rotatable bonds is 9. The third-order valence-electron chi connectivity index (χ3n) is 4.96. The molecule has 0 aliphatic heterocycles. The largest absolute Gasteiger partial charge is 0.489 e. The van der Waals surface area contributed by atoms with E-state index in [1.165, 1.54) is 6.21 Å². The van der Waals surface area contributed by atoms with E-state index in [0.717, 1.165) is 11.1 Å². The Kier molecular flexibility index (Phi) is 9.08. The highest BCUT2D eigenvalue weighted by molar-refractivity contribution is 6.31. The third kappa shape index (κ3) is 7.33. The predicted molar refractivity (Wildman–Crippen MR) is 136 cm³/mol. The Morgan fingerprint density at radius 2 is 1.65 bits per heavy atom. The number of nitrogens with zero attached hydrogens (tertiary/aromatic N) is 1. The number of carbonyl (C=O) groups excluding carboxylic acids is 2. The van der Waals surface area contributed by atoms with E-state index in [0.29, 0.717) is 28.0 Å². The zero-order valence-corrected chi connectivity index (χ0v) is 20.3. The molecule has 0 saturated heterocycles. The molecule has 0 fully saturated rings. The second-order valence-electron chi connectivity index (χ2n) is 7.89. The number of hydrazone groups is 1. The monoisotopic (exact) mass is 497 g/mol. The van der Waals surface area contributed by atoms with Crippen LogP contribution in [-0.4, -0.2) is 24.1 Å². The first kappa shape index (κ1) is 25.3. The minimum Gasteiger partial charge on any atom is -0.489 e. The van der Waals surface area contributed by atoms with E-state index in [2.05, 4.69) is 15.8 Å². The lowest BCUT2D eigenvalue weighted by atomic mass is 10.0. The van der Waals surface area contributed by atoms with Gasteiger partial charge in [-0.25, -0.2) is 5.43 Å². The summed E-state index contributed by atoms with van der Waals surface area (Å²) in [5.41, 5.74) is 4.59. The van der Waals surface area contributed by atoms with Crippen LogP contribution in [0.4, 0.5) is 0 Å². The minimum atomic E-state index is -0.749. The third-order valence-corrected chi connectivity index (χ3v) is 5.58. The fourth-order valence-corrected chi connectivity index (χ4v) is 3.34. The van der Waals surface area contributed by atoms with Gasteiger partial charge in [-0.05, 0) is 66.1 Å². The van der Waals surface area contributed by atoms with Gasteiger partial charge in [0.15, 0.2) is 0 Å². The summed E-state index contributed by atoms with van der Waals surface area (Å²) in [5.74, 6) is -0.220. The first-order valence-electron chi connectivity index (χ1n) is 10.7. The number of nitrogens with one attached hydrogen (secondary N) is 2. The van der Waals surface area contributed by atoms with Crippen molar-refractivity contribution in [3.63, 3.8) is 0 Å². The van der Waals surface area contributed by atoms with Crippen LogP contribution in [0.2, 0.25) is 10.0 Å². The molecule has 0 aliphatic rings. The summed E-state index contributed by atoms with van der Waals surface area (Å²) in [4.78, 5) is 25.1. The fraction of sp³-hybridized carbons (Fsp3) is 0.192. The Labute approximate surface area is 208 Å². The number of amides is 2. The second kappa shape index (κ2) is 12.2. The zero-order chi connectivity index (χ0) is 24.5. The molecule has 2 amide bonds. The summed E-state index contributed by atoms with van der Waals surface area (Å²) in [7, 11) is 0. The van der Waals surface area contributed by atoms with Gasteiger partial charge < -0.3 is 10.1 Å². The molecule has 0 heterocycles. The molecule has 34 heavy (non-hydrogen) atoms. The zero-order valence-electron chi connectivity index (χ0n) is 18.8. The van der Waals surface area contributed by atoms with E-state index in [9.17, 15) is 9.59 Å². The van der Waals surface area contributed by atoms with Gasteiger partial charge in [-0.15, -0.1) is 0 Å². The van der Waals surface area contributed by atoms with Crippen molar-refractivity contribution in [1.82, 2.24) is 10.7 Å². The van der Waals surface area contributed by atoms with Crippen molar-refractivity contribution >= 4 is 41.2 Å². The van der Waals surface area contributed by atoms with Gasteiger partial charge in [-0.1, -0.05) is 55.2 Å². The molecule has 176 valence electrons. The summed E-state index contributed by atoms with van der Waals surface area (Å²) in [6, 6.07) is 20.5. The molecule has 0 radical (unpaired) electrons. The SMILES string of the molecule is CC(C)C(NC(=O)c1ccc(Cl)cc1)C(=O)NN=Cc1ccc(OCc2ccccc2Cl)cc1. The average molecular weight is 498 g/mol. The highest BCUT2D eigenvalue weighted by atomic mass is 35.5. The van der Waals surface area contributed by atoms with E-state index < -0.39 is 11.9 Å². The smallest absolute Gasteiger partial charge is 0.262 e. The van der Waals surface area contributed by atoms with Gasteiger partial charge in [0.05, 0.1) is 6.21 Å². The van der Waals surface area contributed by atoms with E-state index in [-0.39, 0.29) is 11.8 Å². The fourth-order valence-electron chi connectivity index (χ4n) is 3.03. The molecule has 6 nitrogen and oxygen atoms in total. The van der Waals surface area contributed by atoms with Crippen molar-refractivity contribution in [2.75, 3.05) is 0 Å². The van der Waals surface area contributed by atoms with Crippen molar-refractivity contribution in [2.45, 2.75) is 26.5 Å². The standard InChI is InChI=1S/C26H25Cl2N3O3/c1-17(2)24(30-25(32)19-9-11-21(27)12-10-19)26(33)31-29-15-18-7-13-22(14-8-18)34-16-20-5-3-4-6-23(20)28/h3-15,17,24H,16H2,1-2H3,(H,30,32)(H,31,33). The van der Waals surface area contributed by atoms with Crippen LogP contribution in [-0.2, 0) is 11.4 Å². The van der Waals surface area contributed by atoms with Crippen LogP contribution in [0.1, 0.15) is 35.3 Å². The van der Waals surface area contributed by atoms with Crippen molar-refractivity contribution < 1.29 is 14.3 Å². The molecule has 1 unspecified atom stereocenters. The molecule has 0 aliphatic carbocycles. The Morgan fingerprint density at radius 1 is 0.971 bits per heavy atom. The number of hydrogen-bond acceptors (Lipinski definition) is 4. The lowest BCUT2D eigenvalue weighted by molar-refractivity contribution is -0.123. The molecule has 3 aromatic rings. The minimum absolute atomic E-state index is 0.138. The lowest BCUT2D eigenvalue weighted by Crippen LogP contribution is -2.48. The maximum absolute atomic E-state index is 12.6. The molecule has 0 bridgehead atoms. The van der Waals surface area contributed by atoms with Crippen molar-refractivity contribution in [3.05, 3.63) is 99.5 Å². The molecule has 1 atom stereocenters. The summed E-state index contributed by atoms with van der Waals surface area (Å²) < 4.78 is 5.76. The highest BCUT2D eigenvalue weighted by Gasteiger charge is 2.24. The van der Waals surface area contributed by atoms with Crippen LogP contribution in [0.5, 0.6) is 5.75 Å². The summed E-state index contributed by atoms with van der Waals surface area (Å²) in [5, 5.41) is 7.96. The summed E-state index contributed by atoms with van der Waals surface area (Å²) >= 11 is 12.0. The van der Waals surface area contributed by atoms with Crippen molar-refractivity contribution in [2.24, 2.45) is 11.0 Å². The molecule has 3 rings (SSSR count). The Bertz CT molecular complexity index is 1150. The second-order valence-corrected chi connectivity index (χ2v) is 8.73. The maximum atomic E-state index is 12.6. The van der Waals surface area contributed by atoms with Gasteiger partial charge in [-0.2, -0.15) is 5.10 Å². The van der Waals surface area contributed by atoms with Gasteiger partial charge in [0, 0.05) is 21.2 Å². The van der Waals surface area contributed by atoms with Gasteiger partial charge in [0.1, 0.15) is 18.4 Å². The molecular weight excluding hydrogens is 473 g/mol. The number of hydrogen-bond donors (Lipinski definition) is 2. The summed E-state index contributed by atoms with van der Waals surface area (Å²) in [6.07, 6.45) is 1.52. The van der Waals surface area contributed by atoms with E-state index in [4.69, 9.17) is 27.9 Å². The molecule has 0 saturated carbocycles. The van der Waals surface area contributed by atoms with Gasteiger partial charge >= 0.3 is 0 Å². The van der Waals surface area contributed by atoms with E-state index in [1.807, 2.05) is 62.4 Å². The van der Waals surface area contributed by atoms with Crippen LogP contribution in [0.25, 0.3) is 0 Å². The van der Waals surface area contributed by atoms with Gasteiger partial charge in [-0.3, -0.25) is 9.59 Å². The van der Waals surface area contributed by atoms with Crippen LogP contribution in [0.3, 0.4) is 0 Å². The molecule has 2 N–H and O–H groups in total. The molecule has 3 aromatic carbocycles. The Hall–Kier alpha value is -3.35. The first-order chi connectivity index (χ1) is 16.3. The lowest BCUT2D eigenvalue weighted by Gasteiger charge is -2.20. The Morgan fingerprint density at radius 3 is 2.29 bits per heavy atom. The van der Waals surface area contributed by atoms with E-state index >= 15 is 0 Å². The number of benzene rings is 3. The molecule has 8 heteroatoms. The quantitative estimate of drug-likeness (QED) is 0.303. The normalized spacial score (nSPS) is 11.9. The highest BCUT2D eigenvalue weighted by Crippen LogP contribution is 2.18. The summed E-state index contributed by atoms with van der Waals surface area (Å²) in [6.45, 7) is 4.05. The van der Waals surface area contributed by atoms with Crippen LogP contribution in [0.15, 0.2) is 77.9 Å². The molecule has 0 spiro atoms. The number of ether oxygens (including phenoxy) is 1. The van der Waals surface area contributed by atoms with Crippen molar-refractivity contribution in [1.29, 1.82) is 0 Å². The van der Waals surface area contributed by atoms with E-state index in [1.54, 1.807) is 24.3 Å². The van der Waals surface area contributed by atoms with Gasteiger partial charge in [0.25, 0.3) is 11.8 Å². The van der Waals surface area contributed by atoms with Crippen molar-refractivity contribution in [3.8, 4) is 5.75 Å².